The van der Waals surface area contributed by atoms with Gasteiger partial charge in [-0.05, 0) is 29.8 Å². The van der Waals surface area contributed by atoms with Crippen molar-refractivity contribution in [3.05, 3.63) is 66.0 Å². The van der Waals surface area contributed by atoms with E-state index in [9.17, 15) is 14.0 Å². The van der Waals surface area contributed by atoms with Crippen molar-refractivity contribution in [1.82, 2.24) is 10.6 Å². The molecule has 0 heterocycles. The third-order valence-electron chi connectivity index (χ3n) is 2.94. The van der Waals surface area contributed by atoms with Gasteiger partial charge in [-0.1, -0.05) is 30.3 Å². The molecule has 0 saturated carbocycles. The lowest BCUT2D eigenvalue weighted by atomic mass is 10.2. The monoisotopic (exact) mass is 316 g/mol. The quantitative estimate of drug-likeness (QED) is 0.816. The second-order valence-corrected chi connectivity index (χ2v) is 4.79. The summed E-state index contributed by atoms with van der Waals surface area (Å²) in [4.78, 5) is 23.2. The molecule has 0 radical (unpaired) electrons. The molecule has 2 rings (SSSR count). The Morgan fingerprint density at radius 3 is 2.48 bits per heavy atom. The van der Waals surface area contributed by atoms with Crippen LogP contribution in [0.1, 0.15) is 5.56 Å². The van der Waals surface area contributed by atoms with Crippen LogP contribution in [0.15, 0.2) is 54.6 Å². The van der Waals surface area contributed by atoms with Crippen LogP contribution >= 0.6 is 0 Å². The highest BCUT2D eigenvalue weighted by Gasteiger charge is 2.06. The van der Waals surface area contributed by atoms with Crippen LogP contribution in [0.5, 0.6) is 5.75 Å². The summed E-state index contributed by atoms with van der Waals surface area (Å²) in [6, 6.07) is 14.9. The minimum atomic E-state index is -0.394. The summed E-state index contributed by atoms with van der Waals surface area (Å²) in [5.41, 5.74) is 0.650. The number of benzene rings is 2. The highest BCUT2D eigenvalue weighted by atomic mass is 19.1. The van der Waals surface area contributed by atoms with Crippen molar-refractivity contribution in [2.24, 2.45) is 0 Å². The van der Waals surface area contributed by atoms with Crippen molar-refractivity contribution in [2.45, 2.75) is 6.54 Å². The van der Waals surface area contributed by atoms with Crippen molar-refractivity contribution < 1.29 is 18.7 Å². The zero-order valence-electron chi connectivity index (χ0n) is 12.4. The number of carbonyl (C=O) groups excluding carboxylic acids is 2. The first-order chi connectivity index (χ1) is 11.1. The number of nitrogens with one attached hydrogen (secondary N) is 2. The van der Waals surface area contributed by atoms with Crippen molar-refractivity contribution in [1.29, 1.82) is 0 Å². The fraction of sp³-hybridized carbons (Fsp3) is 0.176. The molecule has 0 spiro atoms. The first kappa shape index (κ1) is 16.5. The van der Waals surface area contributed by atoms with Crippen molar-refractivity contribution in [3.8, 4) is 5.75 Å². The van der Waals surface area contributed by atoms with Crippen LogP contribution in [0, 0.1) is 5.82 Å². The van der Waals surface area contributed by atoms with Crippen LogP contribution in [-0.4, -0.2) is 25.0 Å². The summed E-state index contributed by atoms with van der Waals surface area (Å²) in [6.07, 6.45) is 0. The topological polar surface area (TPSA) is 67.4 Å². The smallest absolute Gasteiger partial charge is 0.258 e. The van der Waals surface area contributed by atoms with Gasteiger partial charge in [0.15, 0.2) is 6.61 Å². The lowest BCUT2D eigenvalue weighted by Gasteiger charge is -2.08. The summed E-state index contributed by atoms with van der Waals surface area (Å²) in [5.74, 6) is -0.529. The van der Waals surface area contributed by atoms with E-state index < -0.39 is 5.91 Å². The lowest BCUT2D eigenvalue weighted by molar-refractivity contribution is -0.127. The molecule has 0 saturated heterocycles. The Bertz CT molecular complexity index is 662. The fourth-order valence-electron chi connectivity index (χ4n) is 1.81. The fourth-order valence-corrected chi connectivity index (χ4v) is 1.81. The van der Waals surface area contributed by atoms with Gasteiger partial charge in [-0.3, -0.25) is 9.59 Å². The molecule has 2 amide bonds. The van der Waals surface area contributed by atoms with Crippen LogP contribution in [0.25, 0.3) is 0 Å². The van der Waals surface area contributed by atoms with E-state index in [4.69, 9.17) is 4.74 Å². The Morgan fingerprint density at radius 1 is 0.957 bits per heavy atom. The number of rotatable bonds is 7. The minimum Gasteiger partial charge on any atom is -0.484 e. The maximum atomic E-state index is 13.0. The number of halogens is 1. The highest BCUT2D eigenvalue weighted by molar-refractivity contribution is 5.85. The highest BCUT2D eigenvalue weighted by Crippen LogP contribution is 2.07. The molecule has 23 heavy (non-hydrogen) atoms. The van der Waals surface area contributed by atoms with Crippen LogP contribution < -0.4 is 15.4 Å². The van der Waals surface area contributed by atoms with Gasteiger partial charge in [-0.15, -0.1) is 0 Å². The standard InChI is InChI=1S/C17H17FN2O3/c18-14-6-4-5-13(9-14)10-19-16(21)11-20-17(22)12-23-15-7-2-1-3-8-15/h1-9H,10-12H2,(H,19,21)(H,20,22). The predicted octanol–water partition coefficient (Wildman–Crippen LogP) is 1.64. The molecular formula is C17H17FN2O3. The maximum absolute atomic E-state index is 13.0. The average Bonchev–Trinajstić information content (AvgIpc) is 2.57. The van der Waals surface area contributed by atoms with Gasteiger partial charge in [0.05, 0.1) is 6.54 Å². The van der Waals surface area contributed by atoms with Crippen LogP contribution in [-0.2, 0) is 16.1 Å². The van der Waals surface area contributed by atoms with E-state index in [1.807, 2.05) is 6.07 Å². The van der Waals surface area contributed by atoms with Crippen LogP contribution in [0.2, 0.25) is 0 Å². The lowest BCUT2D eigenvalue weighted by Crippen LogP contribution is -2.38. The summed E-state index contributed by atoms with van der Waals surface area (Å²) in [5, 5.41) is 5.04. The number of hydrogen-bond donors (Lipinski definition) is 2. The molecular weight excluding hydrogens is 299 g/mol. The molecule has 0 atom stereocenters. The molecule has 6 heteroatoms. The normalized spacial score (nSPS) is 9.96. The molecule has 0 aliphatic rings. The first-order valence-electron chi connectivity index (χ1n) is 7.09. The first-order valence-corrected chi connectivity index (χ1v) is 7.09. The van der Waals surface area contributed by atoms with E-state index in [2.05, 4.69) is 10.6 Å². The molecule has 2 N–H and O–H groups in total. The van der Waals surface area contributed by atoms with Gasteiger partial charge >= 0.3 is 0 Å². The zero-order chi connectivity index (χ0) is 16.5. The third-order valence-corrected chi connectivity index (χ3v) is 2.94. The van der Waals surface area contributed by atoms with Crippen molar-refractivity contribution in [3.63, 3.8) is 0 Å². The number of amides is 2. The number of ether oxygens (including phenoxy) is 1. The Hall–Kier alpha value is -2.89. The summed E-state index contributed by atoms with van der Waals surface area (Å²) >= 11 is 0. The maximum Gasteiger partial charge on any atom is 0.258 e. The molecule has 0 fully saturated rings. The molecule has 0 aliphatic carbocycles. The van der Waals surface area contributed by atoms with Gasteiger partial charge in [0.1, 0.15) is 11.6 Å². The molecule has 0 aromatic heterocycles. The van der Waals surface area contributed by atoms with Crippen molar-refractivity contribution in [2.75, 3.05) is 13.2 Å². The Labute approximate surface area is 133 Å². The Balaban J connectivity index is 1.64. The summed E-state index contributed by atoms with van der Waals surface area (Å²) in [7, 11) is 0. The van der Waals surface area contributed by atoms with E-state index in [0.29, 0.717) is 11.3 Å². The van der Waals surface area contributed by atoms with E-state index in [1.54, 1.807) is 36.4 Å². The molecule has 2 aromatic carbocycles. The van der Waals surface area contributed by atoms with E-state index in [0.717, 1.165) is 0 Å². The van der Waals surface area contributed by atoms with E-state index in [1.165, 1.54) is 12.1 Å². The summed E-state index contributed by atoms with van der Waals surface area (Å²) in [6.45, 7) is -0.125. The van der Waals surface area contributed by atoms with Gasteiger partial charge in [-0.2, -0.15) is 0 Å². The molecule has 0 unspecified atom stereocenters. The second kappa shape index (κ2) is 8.53. The van der Waals surface area contributed by atoms with Crippen LogP contribution in [0.3, 0.4) is 0 Å². The zero-order valence-corrected chi connectivity index (χ0v) is 12.4. The van der Waals surface area contributed by atoms with Crippen molar-refractivity contribution >= 4 is 11.8 Å². The second-order valence-electron chi connectivity index (χ2n) is 4.79. The summed E-state index contributed by atoms with van der Waals surface area (Å²) < 4.78 is 18.2. The Kier molecular flexibility index (Phi) is 6.11. The third kappa shape index (κ3) is 6.17. The van der Waals surface area contributed by atoms with Gasteiger partial charge in [0, 0.05) is 6.54 Å². The molecule has 0 bridgehead atoms. The van der Waals surface area contributed by atoms with Gasteiger partial charge in [0.25, 0.3) is 5.91 Å². The number of carbonyl (C=O) groups is 2. The SMILES string of the molecule is O=C(CNC(=O)COc1ccccc1)NCc1cccc(F)c1. The van der Waals surface area contributed by atoms with E-state index >= 15 is 0 Å². The minimum absolute atomic E-state index is 0.160. The van der Waals surface area contributed by atoms with Gasteiger partial charge in [-0.25, -0.2) is 4.39 Å². The molecule has 5 nitrogen and oxygen atoms in total. The van der Waals surface area contributed by atoms with Gasteiger partial charge in [0.2, 0.25) is 5.91 Å². The largest absolute Gasteiger partial charge is 0.484 e. The number of hydrogen-bond acceptors (Lipinski definition) is 3. The predicted molar refractivity (Wildman–Crippen MR) is 83.2 cm³/mol. The van der Waals surface area contributed by atoms with E-state index in [-0.39, 0.29) is 31.4 Å². The Morgan fingerprint density at radius 2 is 1.74 bits per heavy atom. The number of para-hydroxylation sites is 1. The molecule has 2 aromatic rings. The molecule has 120 valence electrons. The average molecular weight is 316 g/mol. The van der Waals surface area contributed by atoms with Gasteiger partial charge < -0.3 is 15.4 Å². The molecule has 0 aliphatic heterocycles. The van der Waals surface area contributed by atoms with Crippen LogP contribution in [0.4, 0.5) is 4.39 Å².